The molecule has 1 heterocycles. The molecule has 1 aromatic heterocycles. The second-order valence-corrected chi connectivity index (χ2v) is 4.32. The molecule has 7 heteroatoms. The van der Waals surface area contributed by atoms with Gasteiger partial charge in [0, 0.05) is 14.1 Å². The molecule has 0 unspecified atom stereocenters. The van der Waals surface area contributed by atoms with E-state index in [0.717, 1.165) is 0 Å². The first-order chi connectivity index (χ1) is 10.1. The molecular weight excluding hydrogens is 272 g/mol. The second-order valence-electron chi connectivity index (χ2n) is 4.32. The van der Waals surface area contributed by atoms with E-state index >= 15 is 0 Å². The number of ether oxygens (including phenoxy) is 1. The van der Waals surface area contributed by atoms with E-state index in [1.54, 1.807) is 38.4 Å². The van der Waals surface area contributed by atoms with Crippen LogP contribution in [0, 0.1) is 0 Å². The zero-order chi connectivity index (χ0) is 15.2. The van der Waals surface area contributed by atoms with E-state index in [-0.39, 0.29) is 11.7 Å². The Hall–Kier alpha value is -2.96. The van der Waals surface area contributed by atoms with Crippen LogP contribution in [0.3, 0.4) is 0 Å². The molecule has 0 bridgehead atoms. The molecule has 108 valence electrons. The maximum absolute atomic E-state index is 11.6. The van der Waals surface area contributed by atoms with Crippen molar-refractivity contribution >= 4 is 17.7 Å². The van der Waals surface area contributed by atoms with E-state index in [1.165, 1.54) is 17.3 Å². The largest absolute Gasteiger partial charge is 0.417 e. The Morgan fingerprint density at radius 1 is 1.10 bits per heavy atom. The standard InChI is InChI=1S/C14H14N4O3/c1-18(2)13(19)12-15-8-10(9-16-12)17-14(20)21-11-6-4-3-5-7-11/h3-9H,1-2H3,(H,17,20). The van der Waals surface area contributed by atoms with Crippen molar-refractivity contribution in [2.45, 2.75) is 0 Å². The van der Waals surface area contributed by atoms with Crippen molar-refractivity contribution in [3.8, 4) is 5.75 Å². The lowest BCUT2D eigenvalue weighted by molar-refractivity contribution is 0.0816. The lowest BCUT2D eigenvalue weighted by atomic mass is 10.3. The van der Waals surface area contributed by atoms with Crippen LogP contribution in [0.4, 0.5) is 10.5 Å². The molecule has 0 aliphatic heterocycles. The van der Waals surface area contributed by atoms with Gasteiger partial charge in [0.05, 0.1) is 18.1 Å². The number of hydrogen-bond donors (Lipinski definition) is 1. The fourth-order valence-electron chi connectivity index (χ4n) is 1.44. The summed E-state index contributed by atoms with van der Waals surface area (Å²) in [5, 5.41) is 2.47. The van der Waals surface area contributed by atoms with Gasteiger partial charge in [-0.25, -0.2) is 14.8 Å². The van der Waals surface area contributed by atoms with Crippen molar-refractivity contribution in [2.75, 3.05) is 19.4 Å². The van der Waals surface area contributed by atoms with Gasteiger partial charge in [0.2, 0.25) is 5.82 Å². The fourth-order valence-corrected chi connectivity index (χ4v) is 1.44. The third-order valence-corrected chi connectivity index (χ3v) is 2.45. The topological polar surface area (TPSA) is 84.4 Å². The van der Waals surface area contributed by atoms with Crippen LogP contribution in [0.15, 0.2) is 42.7 Å². The molecule has 21 heavy (non-hydrogen) atoms. The summed E-state index contributed by atoms with van der Waals surface area (Å²) in [6, 6.07) is 8.66. The summed E-state index contributed by atoms with van der Waals surface area (Å²) in [5.41, 5.74) is 0.339. The first-order valence-corrected chi connectivity index (χ1v) is 6.14. The number of carbonyl (C=O) groups excluding carboxylic acids is 2. The van der Waals surface area contributed by atoms with Crippen molar-refractivity contribution in [2.24, 2.45) is 0 Å². The van der Waals surface area contributed by atoms with Crippen molar-refractivity contribution in [1.29, 1.82) is 0 Å². The van der Waals surface area contributed by atoms with Gasteiger partial charge in [0.15, 0.2) is 0 Å². The zero-order valence-electron chi connectivity index (χ0n) is 11.6. The third-order valence-electron chi connectivity index (χ3n) is 2.45. The molecule has 0 aliphatic carbocycles. The van der Waals surface area contributed by atoms with Crippen molar-refractivity contribution in [3.63, 3.8) is 0 Å². The van der Waals surface area contributed by atoms with Gasteiger partial charge in [-0.2, -0.15) is 0 Å². The van der Waals surface area contributed by atoms with Crippen LogP contribution in [-0.2, 0) is 0 Å². The molecule has 1 N–H and O–H groups in total. The number of rotatable bonds is 3. The molecule has 0 radical (unpaired) electrons. The fraction of sp³-hybridized carbons (Fsp3) is 0.143. The predicted molar refractivity (Wildman–Crippen MR) is 76.1 cm³/mol. The molecule has 1 aromatic carbocycles. The minimum absolute atomic E-state index is 0.0574. The van der Waals surface area contributed by atoms with Gasteiger partial charge in [-0.1, -0.05) is 18.2 Å². The quantitative estimate of drug-likeness (QED) is 0.929. The van der Waals surface area contributed by atoms with Crippen LogP contribution in [0.1, 0.15) is 10.6 Å². The average molecular weight is 286 g/mol. The minimum Gasteiger partial charge on any atom is -0.410 e. The first kappa shape index (κ1) is 14.4. The molecule has 0 saturated carbocycles. The first-order valence-electron chi connectivity index (χ1n) is 6.14. The number of nitrogens with one attached hydrogen (secondary N) is 1. The van der Waals surface area contributed by atoms with Crippen LogP contribution in [0.5, 0.6) is 5.75 Å². The number of hydrogen-bond acceptors (Lipinski definition) is 5. The van der Waals surface area contributed by atoms with Crippen molar-refractivity contribution in [1.82, 2.24) is 14.9 Å². The summed E-state index contributed by atoms with van der Waals surface area (Å²) in [5.74, 6) is 0.172. The van der Waals surface area contributed by atoms with Gasteiger partial charge in [-0.05, 0) is 12.1 Å². The van der Waals surface area contributed by atoms with E-state index in [2.05, 4.69) is 15.3 Å². The Bertz CT molecular complexity index is 626. The monoisotopic (exact) mass is 286 g/mol. The Balaban J connectivity index is 1.97. The number of anilines is 1. The molecule has 2 amide bonds. The van der Waals surface area contributed by atoms with Gasteiger partial charge < -0.3 is 9.64 Å². The van der Waals surface area contributed by atoms with E-state index in [1.807, 2.05) is 6.07 Å². The van der Waals surface area contributed by atoms with Crippen molar-refractivity contribution in [3.05, 3.63) is 48.5 Å². The molecule has 0 spiro atoms. The number of amides is 2. The number of para-hydroxylation sites is 1. The van der Waals surface area contributed by atoms with Crippen LogP contribution >= 0.6 is 0 Å². The Labute approximate surface area is 121 Å². The molecule has 2 aromatic rings. The average Bonchev–Trinajstić information content (AvgIpc) is 2.48. The molecule has 0 fully saturated rings. The Morgan fingerprint density at radius 2 is 1.71 bits per heavy atom. The SMILES string of the molecule is CN(C)C(=O)c1ncc(NC(=O)Oc2ccccc2)cn1. The number of carbonyl (C=O) groups is 2. The number of nitrogens with zero attached hydrogens (tertiary/aromatic N) is 3. The van der Waals surface area contributed by atoms with Crippen LogP contribution in [-0.4, -0.2) is 41.0 Å². The number of benzene rings is 1. The van der Waals surface area contributed by atoms with E-state index in [0.29, 0.717) is 11.4 Å². The van der Waals surface area contributed by atoms with Crippen LogP contribution in [0.2, 0.25) is 0 Å². The van der Waals surface area contributed by atoms with Gasteiger partial charge in [-0.15, -0.1) is 0 Å². The Kier molecular flexibility index (Phi) is 4.45. The van der Waals surface area contributed by atoms with Crippen LogP contribution in [0.25, 0.3) is 0 Å². The maximum atomic E-state index is 11.6. The van der Waals surface area contributed by atoms with Crippen molar-refractivity contribution < 1.29 is 14.3 Å². The van der Waals surface area contributed by atoms with E-state index < -0.39 is 6.09 Å². The lowest BCUT2D eigenvalue weighted by Gasteiger charge is -2.09. The highest BCUT2D eigenvalue weighted by Gasteiger charge is 2.12. The van der Waals surface area contributed by atoms with E-state index in [9.17, 15) is 9.59 Å². The normalized spacial score (nSPS) is 9.81. The molecular formula is C14H14N4O3. The van der Waals surface area contributed by atoms with Crippen LogP contribution < -0.4 is 10.1 Å². The second kappa shape index (κ2) is 6.47. The summed E-state index contributed by atoms with van der Waals surface area (Å²) in [6.45, 7) is 0. The zero-order valence-corrected chi connectivity index (χ0v) is 11.6. The predicted octanol–water partition coefficient (Wildman–Crippen LogP) is 1.79. The Morgan fingerprint density at radius 3 is 2.29 bits per heavy atom. The third kappa shape index (κ3) is 4.00. The molecule has 2 rings (SSSR count). The lowest BCUT2D eigenvalue weighted by Crippen LogP contribution is -2.24. The summed E-state index contributed by atoms with van der Waals surface area (Å²) >= 11 is 0. The van der Waals surface area contributed by atoms with E-state index in [4.69, 9.17) is 4.74 Å². The highest BCUT2D eigenvalue weighted by molar-refractivity contribution is 5.90. The summed E-state index contributed by atoms with van der Waals surface area (Å²) in [7, 11) is 3.21. The summed E-state index contributed by atoms with van der Waals surface area (Å²) in [4.78, 5) is 32.4. The maximum Gasteiger partial charge on any atom is 0.417 e. The highest BCUT2D eigenvalue weighted by atomic mass is 16.6. The molecule has 0 atom stereocenters. The van der Waals surface area contributed by atoms with Gasteiger partial charge in [0.25, 0.3) is 5.91 Å². The number of aromatic nitrogens is 2. The summed E-state index contributed by atoms with van der Waals surface area (Å²) in [6.07, 6.45) is 2.03. The molecule has 7 nitrogen and oxygen atoms in total. The van der Waals surface area contributed by atoms with Gasteiger partial charge in [-0.3, -0.25) is 10.1 Å². The minimum atomic E-state index is -0.656. The highest BCUT2D eigenvalue weighted by Crippen LogP contribution is 2.10. The summed E-state index contributed by atoms with van der Waals surface area (Å²) < 4.78 is 5.05. The smallest absolute Gasteiger partial charge is 0.410 e. The molecule has 0 saturated heterocycles. The van der Waals surface area contributed by atoms with Gasteiger partial charge in [0.1, 0.15) is 5.75 Å². The van der Waals surface area contributed by atoms with Gasteiger partial charge >= 0.3 is 6.09 Å². The molecule has 0 aliphatic rings.